The van der Waals surface area contributed by atoms with E-state index in [4.69, 9.17) is 4.74 Å². The second-order valence-electron chi connectivity index (χ2n) is 4.88. The molecule has 2 aromatic carbocycles. The molecular weight excluding hydrogens is 350 g/mol. The van der Waals surface area contributed by atoms with E-state index < -0.39 is 0 Å². The number of thiol groups is 1. The first-order valence-corrected chi connectivity index (χ1v) is 7.89. The third kappa shape index (κ3) is 3.24. The van der Waals surface area contributed by atoms with Crippen molar-refractivity contribution in [1.29, 1.82) is 0 Å². The Morgan fingerprint density at radius 1 is 1.33 bits per heavy atom. The molecule has 1 aliphatic rings. The second-order valence-corrected chi connectivity index (χ2v) is 6.32. The number of hydrogen-bond donors (Lipinski definition) is 2. The van der Waals surface area contributed by atoms with Crippen LogP contribution in [-0.2, 0) is 13.0 Å². The maximum Gasteiger partial charge on any atom is 0.251 e. The Morgan fingerprint density at radius 2 is 2.19 bits per heavy atom. The van der Waals surface area contributed by atoms with E-state index in [1.165, 1.54) is 5.56 Å². The third-order valence-corrected chi connectivity index (χ3v) is 4.11. The van der Waals surface area contributed by atoms with Crippen LogP contribution < -0.4 is 10.1 Å². The Kier molecular flexibility index (Phi) is 4.22. The van der Waals surface area contributed by atoms with Gasteiger partial charge in [0.15, 0.2) is 0 Å². The first-order valence-electron chi connectivity index (χ1n) is 6.65. The van der Waals surface area contributed by atoms with Gasteiger partial charge in [-0.15, -0.1) is 12.6 Å². The minimum atomic E-state index is -0.113. The van der Waals surface area contributed by atoms with Crippen molar-refractivity contribution in [2.24, 2.45) is 0 Å². The van der Waals surface area contributed by atoms with Crippen molar-refractivity contribution < 1.29 is 9.53 Å². The monoisotopic (exact) mass is 363 g/mol. The standard InChI is InChI=1S/C16H14BrNO2S/c17-13-6-10-4-5-20-15(10)12(7-13)9-18-16(19)11-2-1-3-14(21)8-11/h1-3,6-8,21H,4-5,9H2,(H,18,19). The summed E-state index contributed by atoms with van der Waals surface area (Å²) in [5.74, 6) is 0.791. The smallest absolute Gasteiger partial charge is 0.251 e. The number of carbonyl (C=O) groups is 1. The zero-order valence-electron chi connectivity index (χ0n) is 11.2. The molecule has 1 N–H and O–H groups in total. The predicted octanol–water partition coefficient (Wildman–Crippen LogP) is 3.60. The van der Waals surface area contributed by atoms with Crippen LogP contribution in [0.4, 0.5) is 0 Å². The van der Waals surface area contributed by atoms with Crippen molar-refractivity contribution in [1.82, 2.24) is 5.32 Å². The van der Waals surface area contributed by atoms with Crippen molar-refractivity contribution in [2.45, 2.75) is 17.9 Å². The van der Waals surface area contributed by atoms with Crippen LogP contribution in [0.3, 0.4) is 0 Å². The summed E-state index contributed by atoms with van der Waals surface area (Å²) in [5.41, 5.74) is 2.79. The number of carbonyl (C=O) groups excluding carboxylic acids is 1. The van der Waals surface area contributed by atoms with E-state index >= 15 is 0 Å². The van der Waals surface area contributed by atoms with Crippen LogP contribution >= 0.6 is 28.6 Å². The van der Waals surface area contributed by atoms with Gasteiger partial charge in [0.05, 0.1) is 6.61 Å². The van der Waals surface area contributed by atoms with Gasteiger partial charge in [-0.25, -0.2) is 0 Å². The summed E-state index contributed by atoms with van der Waals surface area (Å²) in [6.45, 7) is 1.14. The Bertz CT molecular complexity index is 703. The number of amides is 1. The summed E-state index contributed by atoms with van der Waals surface area (Å²) in [6.07, 6.45) is 0.914. The molecule has 5 heteroatoms. The zero-order valence-corrected chi connectivity index (χ0v) is 13.7. The van der Waals surface area contributed by atoms with Crippen molar-refractivity contribution in [3.63, 3.8) is 0 Å². The van der Waals surface area contributed by atoms with Gasteiger partial charge >= 0.3 is 0 Å². The van der Waals surface area contributed by atoms with Crippen molar-refractivity contribution in [3.05, 3.63) is 57.6 Å². The molecule has 2 aromatic rings. The Balaban J connectivity index is 1.75. The highest BCUT2D eigenvalue weighted by molar-refractivity contribution is 9.10. The normalized spacial score (nSPS) is 12.7. The molecule has 3 nitrogen and oxygen atoms in total. The van der Waals surface area contributed by atoms with E-state index in [9.17, 15) is 4.79 Å². The fourth-order valence-corrected chi connectivity index (χ4v) is 3.18. The number of fused-ring (bicyclic) bond motifs is 1. The lowest BCUT2D eigenvalue weighted by Gasteiger charge is -2.10. The summed E-state index contributed by atoms with van der Waals surface area (Å²) in [7, 11) is 0. The average molecular weight is 364 g/mol. The molecule has 1 aliphatic heterocycles. The summed E-state index contributed by atoms with van der Waals surface area (Å²) >= 11 is 7.75. The molecule has 108 valence electrons. The van der Waals surface area contributed by atoms with E-state index in [1.807, 2.05) is 18.2 Å². The molecule has 0 unspecified atom stereocenters. The van der Waals surface area contributed by atoms with Gasteiger partial charge in [-0.2, -0.15) is 0 Å². The first-order chi connectivity index (χ1) is 10.1. The molecule has 0 bridgehead atoms. The molecule has 0 fully saturated rings. The van der Waals surface area contributed by atoms with Crippen molar-refractivity contribution in [3.8, 4) is 5.75 Å². The maximum absolute atomic E-state index is 12.2. The van der Waals surface area contributed by atoms with Gasteiger partial charge in [-0.3, -0.25) is 4.79 Å². The summed E-state index contributed by atoms with van der Waals surface area (Å²) in [5, 5.41) is 2.93. The van der Waals surface area contributed by atoms with Gasteiger partial charge in [0.2, 0.25) is 0 Å². The van der Waals surface area contributed by atoms with Crippen LogP contribution in [0.15, 0.2) is 45.8 Å². The van der Waals surface area contributed by atoms with E-state index in [0.29, 0.717) is 18.7 Å². The maximum atomic E-state index is 12.2. The molecule has 0 saturated heterocycles. The lowest BCUT2D eigenvalue weighted by molar-refractivity contribution is 0.0950. The molecule has 0 saturated carbocycles. The van der Waals surface area contributed by atoms with Crippen molar-refractivity contribution >= 4 is 34.5 Å². The largest absolute Gasteiger partial charge is 0.493 e. The molecule has 0 aromatic heterocycles. The van der Waals surface area contributed by atoms with E-state index in [2.05, 4.69) is 39.9 Å². The predicted molar refractivity (Wildman–Crippen MR) is 88.2 cm³/mol. The molecule has 0 spiro atoms. The topological polar surface area (TPSA) is 38.3 Å². The van der Waals surface area contributed by atoms with Gasteiger partial charge in [-0.05, 0) is 35.9 Å². The fraction of sp³-hybridized carbons (Fsp3) is 0.188. The fourth-order valence-electron chi connectivity index (χ4n) is 2.40. The summed E-state index contributed by atoms with van der Waals surface area (Å²) in [4.78, 5) is 12.9. The average Bonchev–Trinajstić information content (AvgIpc) is 2.92. The van der Waals surface area contributed by atoms with Crippen molar-refractivity contribution in [2.75, 3.05) is 6.61 Å². The number of hydrogen-bond acceptors (Lipinski definition) is 3. The van der Waals surface area contributed by atoms with E-state index in [1.54, 1.807) is 12.1 Å². The third-order valence-electron chi connectivity index (χ3n) is 3.37. The first kappa shape index (κ1) is 14.5. The minimum absolute atomic E-state index is 0.113. The Labute approximate surface area is 137 Å². The summed E-state index contributed by atoms with van der Waals surface area (Å²) in [6, 6.07) is 11.2. The number of rotatable bonds is 3. The van der Waals surface area contributed by atoms with Crippen LogP contribution in [0.25, 0.3) is 0 Å². The van der Waals surface area contributed by atoms with Crippen LogP contribution in [0, 0.1) is 0 Å². The van der Waals surface area contributed by atoms with Crippen LogP contribution in [0.1, 0.15) is 21.5 Å². The molecule has 1 amide bonds. The molecule has 0 aliphatic carbocycles. The van der Waals surface area contributed by atoms with Crippen LogP contribution in [-0.4, -0.2) is 12.5 Å². The zero-order chi connectivity index (χ0) is 14.8. The molecule has 3 rings (SSSR count). The van der Waals surface area contributed by atoms with E-state index in [0.717, 1.165) is 27.1 Å². The minimum Gasteiger partial charge on any atom is -0.493 e. The highest BCUT2D eigenvalue weighted by Gasteiger charge is 2.18. The van der Waals surface area contributed by atoms with Gasteiger partial charge in [-0.1, -0.05) is 22.0 Å². The number of nitrogens with one attached hydrogen (secondary N) is 1. The lowest BCUT2D eigenvalue weighted by Crippen LogP contribution is -2.23. The molecule has 21 heavy (non-hydrogen) atoms. The quantitative estimate of drug-likeness (QED) is 0.817. The molecule has 0 radical (unpaired) electrons. The van der Waals surface area contributed by atoms with Gasteiger partial charge in [0.1, 0.15) is 5.75 Å². The number of ether oxygens (including phenoxy) is 1. The van der Waals surface area contributed by atoms with Crippen LogP contribution in [0.2, 0.25) is 0 Å². The molecule has 0 atom stereocenters. The Morgan fingerprint density at radius 3 is 3.00 bits per heavy atom. The SMILES string of the molecule is O=C(NCc1cc(Br)cc2c1OCC2)c1cccc(S)c1. The van der Waals surface area contributed by atoms with Crippen LogP contribution in [0.5, 0.6) is 5.75 Å². The second kappa shape index (κ2) is 6.12. The molecular formula is C16H14BrNO2S. The lowest BCUT2D eigenvalue weighted by atomic mass is 10.1. The van der Waals surface area contributed by atoms with Gasteiger partial charge in [0, 0.05) is 33.5 Å². The van der Waals surface area contributed by atoms with Gasteiger partial charge in [0.25, 0.3) is 5.91 Å². The highest BCUT2D eigenvalue weighted by atomic mass is 79.9. The number of halogens is 1. The molecule has 1 heterocycles. The Hall–Kier alpha value is -1.46. The summed E-state index contributed by atoms with van der Waals surface area (Å²) < 4.78 is 6.67. The number of benzene rings is 2. The highest BCUT2D eigenvalue weighted by Crippen LogP contribution is 2.32. The van der Waals surface area contributed by atoms with Gasteiger partial charge < -0.3 is 10.1 Å². The van der Waals surface area contributed by atoms with E-state index in [-0.39, 0.29) is 5.91 Å².